The van der Waals surface area contributed by atoms with Gasteiger partial charge in [0.1, 0.15) is 6.10 Å². The van der Waals surface area contributed by atoms with E-state index in [1.807, 2.05) is 6.08 Å². The van der Waals surface area contributed by atoms with Crippen molar-refractivity contribution in [1.82, 2.24) is 0 Å². The second-order valence-electron chi connectivity index (χ2n) is 4.40. The zero-order valence-corrected chi connectivity index (χ0v) is 10.2. The summed E-state index contributed by atoms with van der Waals surface area (Å²) >= 11 is 0. The molecule has 1 saturated heterocycles. The van der Waals surface area contributed by atoms with E-state index in [1.54, 1.807) is 18.2 Å². The molecule has 0 aliphatic carbocycles. The Hall–Kier alpha value is -1.76. The first kappa shape index (κ1) is 12.3. The predicted molar refractivity (Wildman–Crippen MR) is 65.3 cm³/mol. The van der Waals surface area contributed by atoms with Crippen LogP contribution in [0.3, 0.4) is 0 Å². The predicted octanol–water partition coefficient (Wildman–Crippen LogP) is 2.31. The molecule has 100 valence electrons. The van der Waals surface area contributed by atoms with Gasteiger partial charge in [-0.2, -0.15) is 0 Å². The first-order chi connectivity index (χ1) is 9.19. The van der Waals surface area contributed by atoms with E-state index in [9.17, 15) is 10.1 Å². The van der Waals surface area contributed by atoms with Crippen molar-refractivity contribution in [3.05, 3.63) is 52.1 Å². The maximum Gasteiger partial charge on any atom is 0.305 e. The lowest BCUT2D eigenvalue weighted by Gasteiger charge is -2.32. The molecular formula is C13H13NO5. The van der Waals surface area contributed by atoms with E-state index in [4.69, 9.17) is 14.2 Å². The fourth-order valence-corrected chi connectivity index (χ4v) is 2.12. The molecule has 0 saturated carbocycles. The van der Waals surface area contributed by atoms with Crippen LogP contribution in [0.25, 0.3) is 0 Å². The number of nitro groups is 1. The topological polar surface area (TPSA) is 70.8 Å². The SMILES string of the molecule is O=[N+]([O-])c1ccc(C2C=CC3(OCCCO3)O2)cc1. The van der Waals surface area contributed by atoms with Gasteiger partial charge in [-0.25, -0.2) is 0 Å². The van der Waals surface area contributed by atoms with Gasteiger partial charge in [0.15, 0.2) is 0 Å². The van der Waals surface area contributed by atoms with E-state index in [1.165, 1.54) is 12.1 Å². The molecule has 6 nitrogen and oxygen atoms in total. The summed E-state index contributed by atoms with van der Waals surface area (Å²) in [4.78, 5) is 10.2. The molecular weight excluding hydrogens is 250 g/mol. The quantitative estimate of drug-likeness (QED) is 0.465. The molecule has 1 aromatic rings. The summed E-state index contributed by atoms with van der Waals surface area (Å²) in [5.41, 5.74) is 0.891. The molecule has 19 heavy (non-hydrogen) atoms. The van der Waals surface area contributed by atoms with Crippen molar-refractivity contribution in [3.63, 3.8) is 0 Å². The summed E-state index contributed by atoms with van der Waals surface area (Å²) in [5.74, 6) is -1.08. The number of ether oxygens (including phenoxy) is 3. The number of hydrogen-bond donors (Lipinski definition) is 0. The molecule has 0 amide bonds. The standard InChI is InChI=1S/C13H13NO5/c15-14(16)11-4-2-10(3-5-11)12-6-7-13(19-12)17-8-1-9-18-13/h2-7,12H,1,8-9H2. The van der Waals surface area contributed by atoms with Gasteiger partial charge in [0.25, 0.3) is 5.69 Å². The molecule has 2 heterocycles. The molecule has 1 unspecified atom stereocenters. The number of nitro benzene ring substituents is 1. The maximum absolute atomic E-state index is 10.6. The Kier molecular flexibility index (Phi) is 3.06. The van der Waals surface area contributed by atoms with Gasteiger partial charge in [0.05, 0.1) is 18.1 Å². The van der Waals surface area contributed by atoms with Gasteiger partial charge in [0.2, 0.25) is 0 Å². The normalized spacial score (nSPS) is 24.7. The summed E-state index contributed by atoms with van der Waals surface area (Å²) in [5, 5.41) is 10.6. The van der Waals surface area contributed by atoms with E-state index in [0.29, 0.717) is 13.2 Å². The monoisotopic (exact) mass is 263 g/mol. The van der Waals surface area contributed by atoms with E-state index in [-0.39, 0.29) is 11.8 Å². The summed E-state index contributed by atoms with van der Waals surface area (Å²) in [6, 6.07) is 6.27. The third kappa shape index (κ3) is 2.37. The highest BCUT2D eigenvalue weighted by Gasteiger charge is 2.40. The van der Waals surface area contributed by atoms with Gasteiger partial charge in [-0.3, -0.25) is 10.1 Å². The Balaban J connectivity index is 1.74. The Morgan fingerprint density at radius 1 is 1.21 bits per heavy atom. The number of rotatable bonds is 2. The van der Waals surface area contributed by atoms with Gasteiger partial charge in [-0.05, 0) is 30.2 Å². The molecule has 1 spiro atoms. The molecule has 6 heteroatoms. The highest BCUT2D eigenvalue weighted by atomic mass is 16.9. The summed E-state index contributed by atoms with van der Waals surface area (Å²) in [6.07, 6.45) is 4.13. The van der Waals surface area contributed by atoms with E-state index in [0.717, 1.165) is 12.0 Å². The third-order valence-electron chi connectivity index (χ3n) is 3.09. The molecule has 0 radical (unpaired) electrons. The van der Waals surface area contributed by atoms with Gasteiger partial charge in [-0.15, -0.1) is 0 Å². The molecule has 2 aliphatic rings. The Morgan fingerprint density at radius 2 is 1.89 bits per heavy atom. The smallest absolute Gasteiger partial charge is 0.305 e. The van der Waals surface area contributed by atoms with E-state index < -0.39 is 10.9 Å². The van der Waals surface area contributed by atoms with Crippen molar-refractivity contribution in [3.8, 4) is 0 Å². The molecule has 0 aromatic heterocycles. The average molecular weight is 263 g/mol. The maximum atomic E-state index is 10.6. The second kappa shape index (κ2) is 4.73. The van der Waals surface area contributed by atoms with Crippen LogP contribution in [0.2, 0.25) is 0 Å². The molecule has 2 aliphatic heterocycles. The van der Waals surface area contributed by atoms with Crippen molar-refractivity contribution >= 4 is 5.69 Å². The van der Waals surface area contributed by atoms with Gasteiger partial charge >= 0.3 is 5.97 Å². The fourth-order valence-electron chi connectivity index (χ4n) is 2.12. The molecule has 1 atom stereocenters. The van der Waals surface area contributed by atoms with E-state index >= 15 is 0 Å². The van der Waals surface area contributed by atoms with Gasteiger partial charge in [-0.1, -0.05) is 0 Å². The van der Waals surface area contributed by atoms with Crippen LogP contribution in [0, 0.1) is 10.1 Å². The van der Waals surface area contributed by atoms with Crippen LogP contribution in [-0.2, 0) is 14.2 Å². The number of non-ortho nitro benzene ring substituents is 1. The van der Waals surface area contributed by atoms with Crippen molar-refractivity contribution in [1.29, 1.82) is 0 Å². The molecule has 1 fully saturated rings. The van der Waals surface area contributed by atoms with Crippen molar-refractivity contribution in [2.24, 2.45) is 0 Å². The minimum absolute atomic E-state index is 0.0607. The fraction of sp³-hybridized carbons (Fsp3) is 0.385. The summed E-state index contributed by atoms with van der Waals surface area (Å²) in [6.45, 7) is 1.19. The van der Waals surface area contributed by atoms with Crippen LogP contribution in [-0.4, -0.2) is 24.1 Å². The summed E-state index contributed by atoms with van der Waals surface area (Å²) < 4.78 is 16.8. The minimum Gasteiger partial charge on any atom is -0.324 e. The molecule has 3 rings (SSSR count). The van der Waals surface area contributed by atoms with E-state index in [2.05, 4.69) is 0 Å². The van der Waals surface area contributed by atoms with Crippen LogP contribution < -0.4 is 0 Å². The first-order valence-corrected chi connectivity index (χ1v) is 6.08. The van der Waals surface area contributed by atoms with Crippen molar-refractivity contribution in [2.45, 2.75) is 18.5 Å². The lowest BCUT2D eigenvalue weighted by atomic mass is 10.1. The van der Waals surface area contributed by atoms with Crippen LogP contribution in [0.5, 0.6) is 0 Å². The lowest BCUT2D eigenvalue weighted by Crippen LogP contribution is -2.39. The van der Waals surface area contributed by atoms with Crippen LogP contribution >= 0.6 is 0 Å². The highest BCUT2D eigenvalue weighted by Crippen LogP contribution is 2.37. The van der Waals surface area contributed by atoms with Crippen LogP contribution in [0.4, 0.5) is 5.69 Å². The van der Waals surface area contributed by atoms with Crippen molar-refractivity contribution in [2.75, 3.05) is 13.2 Å². The Bertz CT molecular complexity index is 504. The summed E-state index contributed by atoms with van der Waals surface area (Å²) in [7, 11) is 0. The second-order valence-corrected chi connectivity index (χ2v) is 4.40. The van der Waals surface area contributed by atoms with Crippen molar-refractivity contribution < 1.29 is 19.1 Å². The van der Waals surface area contributed by atoms with Gasteiger partial charge in [0, 0.05) is 18.2 Å². The molecule has 1 aromatic carbocycles. The molecule has 0 N–H and O–H groups in total. The van der Waals surface area contributed by atoms with Crippen LogP contribution in [0.15, 0.2) is 36.4 Å². The highest BCUT2D eigenvalue weighted by molar-refractivity contribution is 5.35. The number of hydrogen-bond acceptors (Lipinski definition) is 5. The zero-order chi connectivity index (χ0) is 13.3. The molecule has 0 bridgehead atoms. The van der Waals surface area contributed by atoms with Crippen LogP contribution in [0.1, 0.15) is 18.1 Å². The minimum atomic E-state index is -1.08. The average Bonchev–Trinajstić information content (AvgIpc) is 2.83. The Morgan fingerprint density at radius 3 is 2.53 bits per heavy atom. The first-order valence-electron chi connectivity index (χ1n) is 6.08. The largest absolute Gasteiger partial charge is 0.324 e. The zero-order valence-electron chi connectivity index (χ0n) is 10.2. The number of benzene rings is 1. The third-order valence-corrected chi connectivity index (χ3v) is 3.09. The lowest BCUT2D eigenvalue weighted by molar-refractivity contribution is -0.384. The van der Waals surface area contributed by atoms with Gasteiger partial charge < -0.3 is 14.2 Å². The number of nitrogens with zero attached hydrogens (tertiary/aromatic N) is 1. The Labute approximate surface area is 109 Å².